The summed E-state index contributed by atoms with van der Waals surface area (Å²) >= 11 is 7.83. The molecule has 0 aliphatic heterocycles. The summed E-state index contributed by atoms with van der Waals surface area (Å²) in [6.07, 6.45) is 0. The van der Waals surface area contributed by atoms with E-state index in [0.717, 1.165) is 10.8 Å². The Bertz CT molecular complexity index is 792. The molecule has 0 unspecified atom stereocenters. The van der Waals surface area contributed by atoms with Crippen LogP contribution >= 0.6 is 25.3 Å². The lowest BCUT2D eigenvalue weighted by atomic mass is 10.1. The van der Waals surface area contributed by atoms with Crippen molar-refractivity contribution in [3.8, 4) is 0 Å². The van der Waals surface area contributed by atoms with Gasteiger partial charge < -0.3 is 15.5 Å². The van der Waals surface area contributed by atoms with Gasteiger partial charge in [-0.1, -0.05) is 30.3 Å². The minimum Gasteiger partial charge on any atom is -0.354 e. The molecule has 144 valence electrons. The highest BCUT2D eigenvalue weighted by Gasteiger charge is 2.16. The van der Waals surface area contributed by atoms with Crippen LogP contribution < -0.4 is 10.6 Å². The number of benzene rings is 2. The predicted molar refractivity (Wildman–Crippen MR) is 114 cm³/mol. The van der Waals surface area contributed by atoms with Crippen LogP contribution in [-0.2, 0) is 9.59 Å². The van der Waals surface area contributed by atoms with Gasteiger partial charge in [-0.2, -0.15) is 25.3 Å². The summed E-state index contributed by atoms with van der Waals surface area (Å²) in [6.45, 7) is 1.31. The summed E-state index contributed by atoms with van der Waals surface area (Å²) in [5.74, 6) is -0.353. The molecule has 0 fully saturated rings. The fourth-order valence-corrected chi connectivity index (χ4v) is 2.82. The summed E-state index contributed by atoms with van der Waals surface area (Å²) in [5.41, 5.74) is 0.565. The van der Waals surface area contributed by atoms with Gasteiger partial charge in [0.15, 0.2) is 0 Å². The van der Waals surface area contributed by atoms with E-state index in [0.29, 0.717) is 31.7 Å². The van der Waals surface area contributed by atoms with Crippen molar-refractivity contribution < 1.29 is 14.4 Å². The van der Waals surface area contributed by atoms with Gasteiger partial charge in [0.2, 0.25) is 11.8 Å². The summed E-state index contributed by atoms with van der Waals surface area (Å²) < 4.78 is 0. The minimum atomic E-state index is -0.195. The Morgan fingerprint density at radius 1 is 0.815 bits per heavy atom. The van der Waals surface area contributed by atoms with E-state index in [4.69, 9.17) is 0 Å². The molecule has 2 N–H and O–H groups in total. The van der Waals surface area contributed by atoms with Crippen molar-refractivity contribution in [2.75, 3.05) is 37.7 Å². The third-order valence-corrected chi connectivity index (χ3v) is 4.55. The zero-order valence-corrected chi connectivity index (χ0v) is 16.6. The lowest BCUT2D eigenvalue weighted by molar-refractivity contribution is -0.119. The molecule has 0 bridgehead atoms. The van der Waals surface area contributed by atoms with E-state index >= 15 is 0 Å². The summed E-state index contributed by atoms with van der Waals surface area (Å²) in [4.78, 5) is 37.3. The van der Waals surface area contributed by atoms with Gasteiger partial charge in [-0.3, -0.25) is 14.4 Å². The topological polar surface area (TPSA) is 78.5 Å². The molecule has 0 aromatic heterocycles. The van der Waals surface area contributed by atoms with Crippen LogP contribution in [0.15, 0.2) is 42.5 Å². The van der Waals surface area contributed by atoms with E-state index in [1.54, 1.807) is 11.0 Å². The minimum absolute atomic E-state index is 0.0939. The number of carbonyl (C=O) groups excluding carboxylic acids is 3. The zero-order chi connectivity index (χ0) is 19.6. The molecular formula is C19H23N3O3S2. The predicted octanol–water partition coefficient (Wildman–Crippen LogP) is 1.37. The van der Waals surface area contributed by atoms with Gasteiger partial charge in [0.25, 0.3) is 5.91 Å². The maximum atomic E-state index is 12.9. The van der Waals surface area contributed by atoms with E-state index in [9.17, 15) is 14.4 Å². The molecule has 0 spiro atoms. The van der Waals surface area contributed by atoms with Crippen LogP contribution in [0.4, 0.5) is 0 Å². The van der Waals surface area contributed by atoms with Crippen LogP contribution in [0.1, 0.15) is 10.4 Å². The van der Waals surface area contributed by atoms with Crippen molar-refractivity contribution in [3.63, 3.8) is 0 Å². The molecule has 0 aliphatic rings. The number of amides is 3. The smallest absolute Gasteiger partial charge is 0.253 e. The molecule has 0 saturated heterocycles. The molecule has 0 aliphatic carbocycles. The van der Waals surface area contributed by atoms with E-state index in [2.05, 4.69) is 35.9 Å². The highest BCUT2D eigenvalue weighted by atomic mass is 32.1. The maximum absolute atomic E-state index is 12.9. The molecule has 2 aromatic carbocycles. The first-order valence-electron chi connectivity index (χ1n) is 8.58. The second kappa shape index (κ2) is 10.8. The van der Waals surface area contributed by atoms with Gasteiger partial charge in [0, 0.05) is 31.7 Å². The number of hydrogen-bond acceptors (Lipinski definition) is 5. The van der Waals surface area contributed by atoms with Gasteiger partial charge in [-0.05, 0) is 22.9 Å². The lowest BCUT2D eigenvalue weighted by Crippen LogP contribution is -2.43. The molecule has 0 radical (unpaired) electrons. The van der Waals surface area contributed by atoms with Crippen LogP contribution in [0.3, 0.4) is 0 Å². The standard InChI is InChI=1S/C19H23N3O3S2/c23-17(12-26)20-7-9-22(10-8-21-18(24)13-27)19(25)16-6-5-14-3-1-2-4-15(14)11-16/h1-6,11,26-27H,7-10,12-13H2,(H,20,23)(H,21,24). The fraction of sp³-hybridized carbons (Fsp3) is 0.316. The number of hydrogen-bond donors (Lipinski definition) is 4. The van der Waals surface area contributed by atoms with Crippen molar-refractivity contribution in [2.45, 2.75) is 0 Å². The van der Waals surface area contributed by atoms with E-state index in [-0.39, 0.29) is 29.2 Å². The molecule has 2 rings (SSSR count). The van der Waals surface area contributed by atoms with Crippen molar-refractivity contribution in [2.24, 2.45) is 0 Å². The Hall–Kier alpha value is -2.19. The van der Waals surface area contributed by atoms with Gasteiger partial charge in [0.1, 0.15) is 0 Å². The number of thiol groups is 2. The molecule has 27 heavy (non-hydrogen) atoms. The highest BCUT2D eigenvalue weighted by molar-refractivity contribution is 7.81. The maximum Gasteiger partial charge on any atom is 0.253 e. The molecular weight excluding hydrogens is 382 g/mol. The highest BCUT2D eigenvalue weighted by Crippen LogP contribution is 2.16. The van der Waals surface area contributed by atoms with Crippen molar-refractivity contribution in [3.05, 3.63) is 48.0 Å². The first-order chi connectivity index (χ1) is 13.0. The zero-order valence-electron chi connectivity index (χ0n) is 14.9. The van der Waals surface area contributed by atoms with Gasteiger partial charge in [-0.15, -0.1) is 0 Å². The molecule has 0 heterocycles. The van der Waals surface area contributed by atoms with Crippen LogP contribution in [0.2, 0.25) is 0 Å². The number of rotatable bonds is 9. The molecule has 0 saturated carbocycles. The molecule has 0 atom stereocenters. The first-order valence-corrected chi connectivity index (χ1v) is 9.85. The normalized spacial score (nSPS) is 10.4. The Kier molecular flexibility index (Phi) is 8.47. The largest absolute Gasteiger partial charge is 0.354 e. The molecule has 6 nitrogen and oxygen atoms in total. The van der Waals surface area contributed by atoms with Crippen LogP contribution in [0.5, 0.6) is 0 Å². The van der Waals surface area contributed by atoms with Crippen molar-refractivity contribution in [1.29, 1.82) is 0 Å². The SMILES string of the molecule is O=C(CS)NCCN(CCNC(=O)CS)C(=O)c1ccc2ccccc2c1. The van der Waals surface area contributed by atoms with Crippen LogP contribution in [0, 0.1) is 0 Å². The first kappa shape index (κ1) is 21.1. The van der Waals surface area contributed by atoms with Crippen LogP contribution in [0.25, 0.3) is 10.8 Å². The molecule has 8 heteroatoms. The summed E-state index contributed by atoms with van der Waals surface area (Å²) in [5, 5.41) is 7.44. The number of nitrogens with one attached hydrogen (secondary N) is 2. The third kappa shape index (κ3) is 6.48. The van der Waals surface area contributed by atoms with Crippen molar-refractivity contribution in [1.82, 2.24) is 15.5 Å². The van der Waals surface area contributed by atoms with Gasteiger partial charge in [-0.25, -0.2) is 0 Å². The van der Waals surface area contributed by atoms with Crippen LogP contribution in [-0.4, -0.2) is 60.3 Å². The number of fused-ring (bicyclic) bond motifs is 1. The average Bonchev–Trinajstić information content (AvgIpc) is 2.71. The summed E-state index contributed by atoms with van der Waals surface area (Å²) in [7, 11) is 0. The van der Waals surface area contributed by atoms with Gasteiger partial charge >= 0.3 is 0 Å². The van der Waals surface area contributed by atoms with Crippen molar-refractivity contribution >= 4 is 53.8 Å². The average molecular weight is 406 g/mol. The second-order valence-electron chi connectivity index (χ2n) is 5.87. The Balaban J connectivity index is 2.09. The fourth-order valence-electron chi connectivity index (χ4n) is 2.59. The molecule has 3 amide bonds. The third-order valence-electron chi connectivity index (χ3n) is 3.98. The Morgan fingerprint density at radius 2 is 1.37 bits per heavy atom. The quantitative estimate of drug-likeness (QED) is 0.476. The lowest BCUT2D eigenvalue weighted by Gasteiger charge is -2.23. The van der Waals surface area contributed by atoms with Gasteiger partial charge in [0.05, 0.1) is 11.5 Å². The second-order valence-corrected chi connectivity index (χ2v) is 6.50. The summed E-state index contributed by atoms with van der Waals surface area (Å²) in [6, 6.07) is 13.4. The molecule has 2 aromatic rings. The Morgan fingerprint density at radius 3 is 1.93 bits per heavy atom. The monoisotopic (exact) mass is 405 g/mol. The van der Waals surface area contributed by atoms with E-state index in [1.165, 1.54) is 0 Å². The van der Waals surface area contributed by atoms with E-state index in [1.807, 2.05) is 36.4 Å². The Labute approximate surface area is 169 Å². The number of carbonyl (C=O) groups is 3. The van der Waals surface area contributed by atoms with E-state index < -0.39 is 0 Å². The number of nitrogens with zero attached hydrogens (tertiary/aromatic N) is 1.